The summed E-state index contributed by atoms with van der Waals surface area (Å²) in [5.74, 6) is 0.0203. The van der Waals surface area contributed by atoms with Crippen LogP contribution in [0.1, 0.15) is 61.5 Å². The van der Waals surface area contributed by atoms with E-state index in [1.54, 1.807) is 0 Å². The van der Waals surface area contributed by atoms with Crippen LogP contribution in [0.25, 0.3) is 31.5 Å². The molecule has 2 fully saturated rings. The number of hydrogen-bond donors (Lipinski definition) is 2. The molecule has 6 rings (SSSR count). The third-order valence-electron chi connectivity index (χ3n) is 8.49. The Labute approximate surface area is 233 Å². The molecule has 0 bridgehead atoms. The molecule has 4 atom stereocenters. The maximum atomic E-state index is 11.9. The molecule has 204 valence electrons. The normalized spacial score (nSPS) is 21.8. The average molecular weight is 537 g/mol. The number of esters is 2. The maximum Gasteiger partial charge on any atom is 0.309 e. The van der Waals surface area contributed by atoms with E-state index >= 15 is 0 Å². The molecule has 2 aromatic carbocycles. The van der Waals surface area contributed by atoms with Crippen LogP contribution in [-0.4, -0.2) is 36.1 Å². The van der Waals surface area contributed by atoms with Gasteiger partial charge in [-0.2, -0.15) is 0 Å². The lowest BCUT2D eigenvalue weighted by atomic mass is 9.88. The third-order valence-corrected chi connectivity index (χ3v) is 8.49. The predicted molar refractivity (Wildman–Crippen MR) is 153 cm³/mol. The lowest BCUT2D eigenvalue weighted by Crippen LogP contribution is -2.18. The van der Waals surface area contributed by atoms with E-state index in [0.717, 1.165) is 71.5 Å². The van der Waals surface area contributed by atoms with E-state index in [1.165, 1.54) is 14.2 Å². The number of methoxy groups -OCH3 is 2. The van der Waals surface area contributed by atoms with Crippen LogP contribution in [0.15, 0.2) is 48.8 Å². The van der Waals surface area contributed by atoms with Crippen LogP contribution in [-0.2, 0) is 19.1 Å². The summed E-state index contributed by atoms with van der Waals surface area (Å²) >= 11 is 0. The summed E-state index contributed by atoms with van der Waals surface area (Å²) in [5, 5.41) is 2.11. The number of aromatic nitrogens is 2. The fourth-order valence-electron chi connectivity index (χ4n) is 6.54. The molecule has 0 saturated heterocycles. The number of H-pyrrole nitrogens is 2. The minimum Gasteiger partial charge on any atom is -0.469 e. The van der Waals surface area contributed by atoms with Gasteiger partial charge in [-0.15, -0.1) is 0 Å². The van der Waals surface area contributed by atoms with Gasteiger partial charge in [0.2, 0.25) is 0 Å². The first-order valence-electron chi connectivity index (χ1n) is 13.6. The Morgan fingerprint density at radius 2 is 1.15 bits per heavy atom. The molecule has 2 heterocycles. The molecule has 0 aliphatic heterocycles. The van der Waals surface area contributed by atoms with E-state index in [0.29, 0.717) is 11.4 Å². The molecule has 0 radical (unpaired) electrons. The highest BCUT2D eigenvalue weighted by Crippen LogP contribution is 2.44. The summed E-state index contributed by atoms with van der Waals surface area (Å²) in [5.41, 5.74) is 5.57. The molecule has 0 spiro atoms. The van der Waals surface area contributed by atoms with Crippen LogP contribution in [0.3, 0.4) is 0 Å². The summed E-state index contributed by atoms with van der Waals surface area (Å²) in [7, 11) is 2.90. The monoisotopic (exact) mass is 536 g/mol. The number of nitrogens with zero attached hydrogens (tertiary/aromatic N) is 2. The van der Waals surface area contributed by atoms with Crippen molar-refractivity contribution in [2.75, 3.05) is 14.2 Å². The number of aromatic amines is 2. The minimum absolute atomic E-state index is 0.0596. The van der Waals surface area contributed by atoms with Gasteiger partial charge in [0, 0.05) is 23.4 Å². The van der Waals surface area contributed by atoms with E-state index in [4.69, 9.17) is 22.6 Å². The Balaban J connectivity index is 0.000000161. The number of nitrogens with one attached hydrogen (secondary N) is 2. The highest BCUT2D eigenvalue weighted by molar-refractivity contribution is 5.89. The van der Waals surface area contributed by atoms with Crippen LogP contribution in [0, 0.1) is 25.0 Å². The van der Waals surface area contributed by atoms with Crippen LogP contribution < -0.4 is 0 Å². The highest BCUT2D eigenvalue weighted by atomic mass is 16.5. The molecule has 4 aromatic rings. The van der Waals surface area contributed by atoms with Gasteiger partial charge in [-0.1, -0.05) is 25.0 Å². The Morgan fingerprint density at radius 1 is 0.725 bits per heavy atom. The number of hydrogen-bond acceptors (Lipinski definition) is 4. The lowest BCUT2D eigenvalue weighted by molar-refractivity contribution is -0.146. The Kier molecular flexibility index (Phi) is 7.89. The fraction of sp³-hybridized carbons (Fsp3) is 0.375. The van der Waals surface area contributed by atoms with Gasteiger partial charge < -0.3 is 19.4 Å². The van der Waals surface area contributed by atoms with Gasteiger partial charge in [-0.25, -0.2) is 9.69 Å². The SMILES string of the molecule is [C-]#[N+]c1ccc2[nH]cc([C@H]3CCC[C@@H]3C(=O)OC)c2c1.[C-]#[N+]c1ccc2[nH]cc([C@H]3CCC[C@H]3C(=O)OC)c2c1. The number of carbonyl (C=O) groups is 2. The number of carbonyl (C=O) groups excluding carboxylic acids is 2. The molecule has 2 aliphatic carbocycles. The average Bonchev–Trinajstić information content (AvgIpc) is 3.80. The second kappa shape index (κ2) is 11.7. The molecule has 8 heteroatoms. The van der Waals surface area contributed by atoms with Crippen LogP contribution in [0.5, 0.6) is 0 Å². The highest BCUT2D eigenvalue weighted by Gasteiger charge is 2.37. The van der Waals surface area contributed by atoms with Crippen molar-refractivity contribution in [3.05, 3.63) is 82.8 Å². The second-order valence-corrected chi connectivity index (χ2v) is 10.5. The quantitative estimate of drug-likeness (QED) is 0.208. The van der Waals surface area contributed by atoms with Gasteiger partial charge in [0.1, 0.15) is 0 Å². The van der Waals surface area contributed by atoms with Crippen molar-refractivity contribution in [2.24, 2.45) is 11.8 Å². The van der Waals surface area contributed by atoms with Gasteiger partial charge in [-0.05, 0) is 83.7 Å². The largest absolute Gasteiger partial charge is 0.469 e. The first-order chi connectivity index (χ1) is 19.5. The van der Waals surface area contributed by atoms with Crippen LogP contribution in [0.4, 0.5) is 11.4 Å². The molecule has 2 aliphatic rings. The summed E-state index contributed by atoms with van der Waals surface area (Å²) in [6.45, 7) is 14.3. The fourth-order valence-corrected chi connectivity index (χ4v) is 6.54. The molecule has 0 unspecified atom stereocenters. The Bertz CT molecular complexity index is 1510. The molecule has 40 heavy (non-hydrogen) atoms. The molecule has 2 saturated carbocycles. The van der Waals surface area contributed by atoms with Gasteiger partial charge in [0.05, 0.1) is 39.2 Å². The van der Waals surface area contributed by atoms with Crippen molar-refractivity contribution in [3.63, 3.8) is 0 Å². The summed E-state index contributed by atoms with van der Waals surface area (Å²) in [6, 6.07) is 11.3. The third kappa shape index (κ3) is 5.05. The Hall–Kier alpha value is -4.56. The van der Waals surface area contributed by atoms with Crippen molar-refractivity contribution in [1.82, 2.24) is 9.97 Å². The Morgan fingerprint density at radius 3 is 1.52 bits per heavy atom. The van der Waals surface area contributed by atoms with E-state index in [9.17, 15) is 9.59 Å². The van der Waals surface area contributed by atoms with Gasteiger partial charge in [0.15, 0.2) is 11.4 Å². The van der Waals surface area contributed by atoms with E-state index in [-0.39, 0.29) is 35.6 Å². The first-order valence-corrected chi connectivity index (χ1v) is 13.6. The minimum atomic E-state index is -0.122. The standard InChI is InChI=1S/2C16H16N2O2/c2*1-17-10-6-7-15-13(8-10)14(9-18-15)11-4-3-5-12(11)16(19)20-2/h2*6-9,11-12,18H,3-5H2,2H3/t11-,12+;11-,12-/m00/s1. The number of rotatable bonds is 4. The van der Waals surface area contributed by atoms with Crippen molar-refractivity contribution < 1.29 is 19.1 Å². The van der Waals surface area contributed by atoms with E-state index in [2.05, 4.69) is 19.7 Å². The topological polar surface area (TPSA) is 92.9 Å². The van der Waals surface area contributed by atoms with Crippen molar-refractivity contribution >= 4 is 45.1 Å². The smallest absolute Gasteiger partial charge is 0.309 e. The van der Waals surface area contributed by atoms with E-state index in [1.807, 2.05) is 48.8 Å². The van der Waals surface area contributed by atoms with Crippen molar-refractivity contribution in [2.45, 2.75) is 50.4 Å². The molecule has 2 N–H and O–H groups in total. The van der Waals surface area contributed by atoms with Crippen LogP contribution in [0.2, 0.25) is 0 Å². The maximum absolute atomic E-state index is 11.9. The second-order valence-electron chi connectivity index (χ2n) is 10.5. The van der Waals surface area contributed by atoms with Gasteiger partial charge in [-0.3, -0.25) is 9.59 Å². The molecular formula is C32H32N4O4. The first kappa shape index (κ1) is 27.0. The van der Waals surface area contributed by atoms with Crippen molar-refractivity contribution in [1.29, 1.82) is 0 Å². The number of benzene rings is 2. The van der Waals surface area contributed by atoms with E-state index < -0.39 is 0 Å². The summed E-state index contributed by atoms with van der Waals surface area (Å²) in [4.78, 5) is 37.2. The summed E-state index contributed by atoms with van der Waals surface area (Å²) < 4.78 is 9.84. The van der Waals surface area contributed by atoms with Crippen LogP contribution >= 0.6 is 0 Å². The number of ether oxygens (including phenoxy) is 2. The predicted octanol–water partition coefficient (Wildman–Crippen LogP) is 7.55. The zero-order chi connectivity index (χ0) is 28.2. The van der Waals surface area contributed by atoms with Crippen molar-refractivity contribution in [3.8, 4) is 0 Å². The lowest BCUT2D eigenvalue weighted by Gasteiger charge is -2.17. The molecule has 0 amide bonds. The zero-order valence-corrected chi connectivity index (χ0v) is 22.7. The summed E-state index contributed by atoms with van der Waals surface area (Å²) in [6.07, 6.45) is 9.79. The molecular weight excluding hydrogens is 504 g/mol. The number of fused-ring (bicyclic) bond motifs is 2. The zero-order valence-electron chi connectivity index (χ0n) is 22.7. The van der Waals surface area contributed by atoms with Gasteiger partial charge >= 0.3 is 11.9 Å². The van der Waals surface area contributed by atoms with Gasteiger partial charge in [0.25, 0.3) is 0 Å². The molecule has 2 aromatic heterocycles. The molecule has 8 nitrogen and oxygen atoms in total.